The maximum Gasteiger partial charge on any atom is 0.341 e. The van der Waals surface area contributed by atoms with Crippen molar-refractivity contribution in [3.8, 4) is 0 Å². The molecule has 0 radical (unpaired) electrons. The van der Waals surface area contributed by atoms with Crippen molar-refractivity contribution in [2.24, 2.45) is 7.05 Å². The average Bonchev–Trinajstić information content (AvgIpc) is 2.83. The maximum absolute atomic E-state index is 11.9. The average molecular weight is 287 g/mol. The van der Waals surface area contributed by atoms with Gasteiger partial charge in [0.15, 0.2) is 0 Å². The van der Waals surface area contributed by atoms with Crippen molar-refractivity contribution in [2.75, 3.05) is 6.61 Å². The number of esters is 1. The van der Waals surface area contributed by atoms with Gasteiger partial charge in [0.25, 0.3) is 0 Å². The topological polar surface area (TPSA) is 56.1 Å². The Morgan fingerprint density at radius 2 is 2.10 bits per heavy atom. The molecular formula is C16H21N3O2. The number of ether oxygens (including phenoxy) is 1. The number of nitrogens with zero attached hydrogens (tertiary/aromatic N) is 2. The fraction of sp³-hybridized carbons (Fsp3) is 0.375. The standard InChI is InChI=1S/C16H21N3O2/c1-4-21-16(20)14-10-18-19(3)15(14)11-17-9-13-8-6-5-7-12(13)2/h5-8,10,17H,4,9,11H2,1-3H3. The summed E-state index contributed by atoms with van der Waals surface area (Å²) in [6.45, 7) is 5.57. The van der Waals surface area contributed by atoms with E-state index in [1.165, 1.54) is 11.1 Å². The highest BCUT2D eigenvalue weighted by atomic mass is 16.5. The van der Waals surface area contributed by atoms with E-state index in [1.807, 2.05) is 19.2 Å². The predicted molar refractivity (Wildman–Crippen MR) is 80.9 cm³/mol. The third-order valence-corrected chi connectivity index (χ3v) is 3.43. The van der Waals surface area contributed by atoms with Gasteiger partial charge in [-0.15, -0.1) is 0 Å². The fourth-order valence-electron chi connectivity index (χ4n) is 2.18. The summed E-state index contributed by atoms with van der Waals surface area (Å²) >= 11 is 0. The van der Waals surface area contributed by atoms with E-state index in [1.54, 1.807) is 17.8 Å². The Morgan fingerprint density at radius 1 is 1.33 bits per heavy atom. The summed E-state index contributed by atoms with van der Waals surface area (Å²) in [5.41, 5.74) is 3.86. The van der Waals surface area contributed by atoms with Crippen molar-refractivity contribution in [3.05, 3.63) is 52.8 Å². The number of hydrogen-bond donors (Lipinski definition) is 1. The van der Waals surface area contributed by atoms with Crippen molar-refractivity contribution in [3.63, 3.8) is 0 Å². The first-order valence-corrected chi connectivity index (χ1v) is 7.06. The molecule has 0 aliphatic rings. The summed E-state index contributed by atoms with van der Waals surface area (Å²) in [5, 5.41) is 7.49. The molecule has 21 heavy (non-hydrogen) atoms. The quantitative estimate of drug-likeness (QED) is 0.828. The summed E-state index contributed by atoms with van der Waals surface area (Å²) in [5.74, 6) is -0.321. The first-order valence-electron chi connectivity index (χ1n) is 7.06. The SMILES string of the molecule is CCOC(=O)c1cnn(C)c1CNCc1ccccc1C. The Bertz CT molecular complexity index is 620. The Morgan fingerprint density at radius 3 is 2.81 bits per heavy atom. The van der Waals surface area contributed by atoms with Gasteiger partial charge in [-0.05, 0) is 25.0 Å². The van der Waals surface area contributed by atoms with E-state index in [4.69, 9.17) is 4.74 Å². The zero-order valence-corrected chi connectivity index (χ0v) is 12.7. The van der Waals surface area contributed by atoms with E-state index in [0.29, 0.717) is 18.7 Å². The monoisotopic (exact) mass is 287 g/mol. The van der Waals surface area contributed by atoms with Crippen molar-refractivity contribution in [2.45, 2.75) is 26.9 Å². The zero-order valence-electron chi connectivity index (χ0n) is 12.7. The molecule has 2 aromatic rings. The predicted octanol–water partition coefficient (Wildman–Crippen LogP) is 2.20. The second-order valence-electron chi connectivity index (χ2n) is 4.88. The molecule has 5 heteroatoms. The molecule has 1 heterocycles. The summed E-state index contributed by atoms with van der Waals surface area (Å²) in [6, 6.07) is 8.24. The third kappa shape index (κ3) is 3.70. The van der Waals surface area contributed by atoms with Crippen LogP contribution in [0.2, 0.25) is 0 Å². The van der Waals surface area contributed by atoms with E-state index >= 15 is 0 Å². The van der Waals surface area contributed by atoms with Crippen LogP contribution >= 0.6 is 0 Å². The van der Waals surface area contributed by atoms with E-state index in [-0.39, 0.29) is 5.97 Å². The van der Waals surface area contributed by atoms with Crippen LogP contribution in [-0.4, -0.2) is 22.4 Å². The highest BCUT2D eigenvalue weighted by molar-refractivity contribution is 5.90. The summed E-state index contributed by atoms with van der Waals surface area (Å²) in [6.07, 6.45) is 1.56. The van der Waals surface area contributed by atoms with Gasteiger partial charge in [-0.2, -0.15) is 5.10 Å². The van der Waals surface area contributed by atoms with E-state index in [2.05, 4.69) is 29.5 Å². The molecule has 0 bridgehead atoms. The summed E-state index contributed by atoms with van der Waals surface area (Å²) in [7, 11) is 1.83. The van der Waals surface area contributed by atoms with Crippen molar-refractivity contribution in [1.29, 1.82) is 0 Å². The Labute approximate surface area is 124 Å². The number of rotatable bonds is 6. The number of hydrogen-bond acceptors (Lipinski definition) is 4. The van der Waals surface area contributed by atoms with Gasteiger partial charge in [0.1, 0.15) is 5.56 Å². The van der Waals surface area contributed by atoms with Crippen molar-refractivity contribution >= 4 is 5.97 Å². The maximum atomic E-state index is 11.9. The number of aryl methyl sites for hydroxylation is 2. The largest absolute Gasteiger partial charge is 0.462 e. The second-order valence-corrected chi connectivity index (χ2v) is 4.88. The van der Waals surface area contributed by atoms with E-state index in [9.17, 15) is 4.79 Å². The molecule has 0 unspecified atom stereocenters. The van der Waals surface area contributed by atoms with Gasteiger partial charge in [0, 0.05) is 20.1 Å². The molecule has 1 aromatic heterocycles. The first-order chi connectivity index (χ1) is 10.1. The molecule has 1 N–H and O–H groups in total. The van der Waals surface area contributed by atoms with Crippen LogP contribution in [0, 0.1) is 6.92 Å². The summed E-state index contributed by atoms with van der Waals surface area (Å²) in [4.78, 5) is 11.9. The van der Waals surface area contributed by atoms with E-state index in [0.717, 1.165) is 12.2 Å². The molecule has 0 aliphatic carbocycles. The third-order valence-electron chi connectivity index (χ3n) is 3.43. The van der Waals surface area contributed by atoms with Crippen molar-refractivity contribution in [1.82, 2.24) is 15.1 Å². The molecule has 2 rings (SSSR count). The Balaban J connectivity index is 2.02. The van der Waals surface area contributed by atoms with Crippen LogP contribution < -0.4 is 5.32 Å². The van der Waals surface area contributed by atoms with Gasteiger partial charge in [0.05, 0.1) is 18.5 Å². The van der Waals surface area contributed by atoms with Gasteiger partial charge in [-0.3, -0.25) is 4.68 Å². The highest BCUT2D eigenvalue weighted by Gasteiger charge is 2.16. The van der Waals surface area contributed by atoms with Gasteiger partial charge in [-0.1, -0.05) is 24.3 Å². The minimum atomic E-state index is -0.321. The number of carbonyl (C=O) groups is 1. The lowest BCUT2D eigenvalue weighted by Gasteiger charge is -2.09. The Hall–Kier alpha value is -2.14. The van der Waals surface area contributed by atoms with Crippen LogP contribution in [0.15, 0.2) is 30.5 Å². The molecule has 5 nitrogen and oxygen atoms in total. The molecule has 0 amide bonds. The molecule has 112 valence electrons. The minimum absolute atomic E-state index is 0.321. The smallest absolute Gasteiger partial charge is 0.341 e. The van der Waals surface area contributed by atoms with E-state index < -0.39 is 0 Å². The lowest BCUT2D eigenvalue weighted by Crippen LogP contribution is -2.18. The lowest BCUT2D eigenvalue weighted by molar-refractivity contribution is 0.0524. The highest BCUT2D eigenvalue weighted by Crippen LogP contribution is 2.11. The van der Waals surface area contributed by atoms with Gasteiger partial charge < -0.3 is 10.1 Å². The second kappa shape index (κ2) is 7.04. The number of carbonyl (C=O) groups excluding carboxylic acids is 1. The van der Waals surface area contributed by atoms with Gasteiger partial charge in [-0.25, -0.2) is 4.79 Å². The van der Waals surface area contributed by atoms with Gasteiger partial charge in [0.2, 0.25) is 0 Å². The molecule has 0 aliphatic heterocycles. The molecule has 0 saturated heterocycles. The number of aromatic nitrogens is 2. The van der Waals surface area contributed by atoms with Gasteiger partial charge >= 0.3 is 5.97 Å². The summed E-state index contributed by atoms with van der Waals surface area (Å²) < 4.78 is 6.75. The van der Waals surface area contributed by atoms with Crippen molar-refractivity contribution < 1.29 is 9.53 Å². The van der Waals surface area contributed by atoms with Crippen LogP contribution in [0.1, 0.15) is 34.1 Å². The molecular weight excluding hydrogens is 266 g/mol. The zero-order chi connectivity index (χ0) is 15.2. The molecule has 1 aromatic carbocycles. The lowest BCUT2D eigenvalue weighted by atomic mass is 10.1. The fourth-order valence-corrected chi connectivity index (χ4v) is 2.18. The first kappa shape index (κ1) is 15.3. The number of nitrogens with one attached hydrogen (secondary N) is 1. The molecule has 0 fully saturated rings. The van der Waals surface area contributed by atoms with Crippen LogP contribution in [0.5, 0.6) is 0 Å². The van der Waals surface area contributed by atoms with Crippen LogP contribution in [0.4, 0.5) is 0 Å². The molecule has 0 atom stereocenters. The number of benzene rings is 1. The van der Waals surface area contributed by atoms with Crippen LogP contribution in [0.25, 0.3) is 0 Å². The van der Waals surface area contributed by atoms with Crippen LogP contribution in [-0.2, 0) is 24.9 Å². The Kier molecular flexibility index (Phi) is 5.11. The normalized spacial score (nSPS) is 10.6. The molecule has 0 saturated carbocycles. The molecule has 0 spiro atoms. The van der Waals surface area contributed by atoms with Crippen LogP contribution in [0.3, 0.4) is 0 Å². The minimum Gasteiger partial charge on any atom is -0.462 e.